The van der Waals surface area contributed by atoms with Crippen LogP contribution in [0.5, 0.6) is 0 Å². The Morgan fingerprint density at radius 3 is 1.81 bits per heavy atom. The summed E-state index contributed by atoms with van der Waals surface area (Å²) in [5.41, 5.74) is 2.09. The number of nitrogens with zero attached hydrogens (tertiary/aromatic N) is 4. The van der Waals surface area contributed by atoms with E-state index in [0.717, 1.165) is 0 Å². The summed E-state index contributed by atoms with van der Waals surface area (Å²) >= 11 is 0. The van der Waals surface area contributed by atoms with Crippen molar-refractivity contribution in [1.82, 2.24) is 9.80 Å². The molecule has 42 heavy (non-hydrogen) atoms. The van der Waals surface area contributed by atoms with Crippen LogP contribution in [0.25, 0.3) is 43.1 Å². The molecular formula is C34H26N4O4. The number of hydrogen-bond acceptors (Lipinski definition) is 6. The summed E-state index contributed by atoms with van der Waals surface area (Å²) in [5.74, 6) is -1.14. The van der Waals surface area contributed by atoms with Crippen molar-refractivity contribution in [1.29, 1.82) is 10.5 Å². The van der Waals surface area contributed by atoms with E-state index < -0.39 is 12.1 Å². The zero-order valence-corrected chi connectivity index (χ0v) is 23.6. The van der Waals surface area contributed by atoms with E-state index in [0.29, 0.717) is 78.2 Å². The van der Waals surface area contributed by atoms with Crippen molar-refractivity contribution in [2.75, 3.05) is 0 Å². The van der Waals surface area contributed by atoms with Crippen molar-refractivity contribution in [3.05, 3.63) is 69.8 Å². The Labute approximate surface area is 241 Å². The third-order valence-corrected chi connectivity index (χ3v) is 9.38. The number of nitriles is 2. The minimum Gasteiger partial charge on any atom is -0.369 e. The normalized spacial score (nSPS) is 17.9. The maximum Gasteiger partial charge on any atom is 0.261 e. The Bertz CT molecular complexity index is 2170. The molecule has 8 heteroatoms. The fraction of sp³-hybridized carbons (Fsp3) is 0.265. The Hall–Kier alpha value is -5.05. The Morgan fingerprint density at radius 2 is 1.24 bits per heavy atom. The second-order valence-corrected chi connectivity index (χ2v) is 11.4. The predicted molar refractivity (Wildman–Crippen MR) is 158 cm³/mol. The van der Waals surface area contributed by atoms with Crippen LogP contribution in [0.1, 0.15) is 94.5 Å². The predicted octanol–water partition coefficient (Wildman–Crippen LogP) is 6.12. The van der Waals surface area contributed by atoms with Crippen LogP contribution >= 0.6 is 0 Å². The second-order valence-electron chi connectivity index (χ2n) is 11.4. The lowest BCUT2D eigenvalue weighted by atomic mass is 9.79. The first-order valence-electron chi connectivity index (χ1n) is 14.2. The van der Waals surface area contributed by atoms with E-state index in [4.69, 9.17) is 0 Å². The number of hydrogen-bond donors (Lipinski definition) is 1. The van der Waals surface area contributed by atoms with Gasteiger partial charge in [0, 0.05) is 55.7 Å². The number of imide groups is 1. The van der Waals surface area contributed by atoms with Gasteiger partial charge in [-0.2, -0.15) is 10.5 Å². The maximum atomic E-state index is 13.8. The zero-order valence-electron chi connectivity index (χ0n) is 23.6. The number of rotatable bonds is 4. The van der Waals surface area contributed by atoms with E-state index in [-0.39, 0.29) is 35.0 Å². The number of carbonyl (C=O) groups is 3. The van der Waals surface area contributed by atoms with Gasteiger partial charge in [-0.05, 0) is 67.1 Å². The molecule has 3 unspecified atom stereocenters. The van der Waals surface area contributed by atoms with E-state index in [1.165, 1.54) is 9.80 Å². The molecule has 5 aromatic rings. The number of benzene rings is 5. The van der Waals surface area contributed by atoms with E-state index in [1.807, 2.05) is 27.7 Å². The molecule has 2 aliphatic rings. The lowest BCUT2D eigenvalue weighted by Gasteiger charge is -2.38. The quantitative estimate of drug-likeness (QED) is 0.162. The number of amides is 3. The molecule has 0 spiro atoms. The molecule has 0 aromatic heterocycles. The highest BCUT2D eigenvalue weighted by molar-refractivity contribution is 6.40. The van der Waals surface area contributed by atoms with Crippen LogP contribution < -0.4 is 0 Å². The molecule has 1 N–H and O–H groups in total. The molecule has 0 saturated carbocycles. The molecule has 2 heterocycles. The highest BCUT2D eigenvalue weighted by Crippen LogP contribution is 2.50. The zero-order chi connectivity index (χ0) is 29.8. The van der Waals surface area contributed by atoms with Gasteiger partial charge in [-0.3, -0.25) is 19.3 Å². The van der Waals surface area contributed by atoms with Crippen LogP contribution in [0.3, 0.4) is 0 Å². The average molecular weight is 555 g/mol. The maximum absolute atomic E-state index is 13.8. The minimum absolute atomic E-state index is 0.236. The molecule has 0 radical (unpaired) electrons. The topological polar surface area (TPSA) is 126 Å². The van der Waals surface area contributed by atoms with Gasteiger partial charge in [0.1, 0.15) is 0 Å². The lowest BCUT2D eigenvalue weighted by molar-refractivity contribution is -0.0130. The lowest BCUT2D eigenvalue weighted by Crippen LogP contribution is -2.45. The molecule has 0 aliphatic carbocycles. The molecule has 206 valence electrons. The summed E-state index contributed by atoms with van der Waals surface area (Å²) in [7, 11) is 0. The van der Waals surface area contributed by atoms with Gasteiger partial charge in [0.15, 0.2) is 6.23 Å². The summed E-state index contributed by atoms with van der Waals surface area (Å²) in [4.78, 5) is 43.9. The van der Waals surface area contributed by atoms with Crippen LogP contribution in [0.15, 0.2) is 36.4 Å². The molecule has 5 aromatic carbocycles. The van der Waals surface area contributed by atoms with Gasteiger partial charge in [-0.15, -0.1) is 0 Å². The number of carbonyl (C=O) groups excluding carboxylic acids is 3. The van der Waals surface area contributed by atoms with Gasteiger partial charge >= 0.3 is 0 Å². The van der Waals surface area contributed by atoms with Gasteiger partial charge in [0.25, 0.3) is 17.7 Å². The molecule has 2 aliphatic heterocycles. The van der Waals surface area contributed by atoms with Crippen LogP contribution in [0.2, 0.25) is 0 Å². The van der Waals surface area contributed by atoms with Gasteiger partial charge < -0.3 is 10.0 Å². The summed E-state index contributed by atoms with van der Waals surface area (Å²) in [6.45, 7) is 7.55. The third kappa shape index (κ3) is 2.95. The van der Waals surface area contributed by atoms with Gasteiger partial charge in [0.2, 0.25) is 0 Å². The molecule has 3 atom stereocenters. The summed E-state index contributed by atoms with van der Waals surface area (Å²) in [5, 5.41) is 36.8. The smallest absolute Gasteiger partial charge is 0.261 e. The highest BCUT2D eigenvalue weighted by Gasteiger charge is 2.40. The van der Waals surface area contributed by atoms with Crippen LogP contribution in [0, 0.1) is 22.7 Å². The Morgan fingerprint density at radius 1 is 0.714 bits per heavy atom. The average Bonchev–Trinajstić information content (AvgIpc) is 3.00. The molecule has 3 amide bonds. The standard InChI is InChI=1S/C34H26N4O4/c1-5-15(3)37-31(39)21-9-7-19-26-18(14-36)12-24-28-22(32(40)38(34(24)42)16(4)6-2)10-8-20(30(26)28)25-17(13-35)11-23(33(37)41)27(21)29(19)25/h7-12,15-16,33,41H,5-6H2,1-4H3. The number of aliphatic hydroxyl groups excluding tert-OH is 1. The van der Waals surface area contributed by atoms with Gasteiger partial charge in [0.05, 0.1) is 28.8 Å². The molecular weight excluding hydrogens is 528 g/mol. The van der Waals surface area contributed by atoms with Crippen molar-refractivity contribution >= 4 is 60.8 Å². The van der Waals surface area contributed by atoms with Crippen molar-refractivity contribution in [2.24, 2.45) is 0 Å². The third-order valence-electron chi connectivity index (χ3n) is 9.38. The SMILES string of the molecule is CCC(C)N1C(=O)c2ccc3c4c(C#N)cc5c6c(ccc(c7c(C#N)cc(c2c37)C1=O)c64)C(=O)N(C(C)CC)C5O. The van der Waals surface area contributed by atoms with Gasteiger partial charge in [-0.1, -0.05) is 26.0 Å². The molecule has 0 fully saturated rings. The first-order chi connectivity index (χ1) is 20.2. The van der Waals surface area contributed by atoms with Gasteiger partial charge in [-0.25, -0.2) is 0 Å². The van der Waals surface area contributed by atoms with Crippen molar-refractivity contribution in [2.45, 2.75) is 58.8 Å². The van der Waals surface area contributed by atoms with Crippen molar-refractivity contribution in [3.63, 3.8) is 0 Å². The molecule has 0 bridgehead atoms. The van der Waals surface area contributed by atoms with Crippen molar-refractivity contribution < 1.29 is 19.5 Å². The fourth-order valence-corrected chi connectivity index (χ4v) is 7.02. The van der Waals surface area contributed by atoms with Crippen molar-refractivity contribution in [3.8, 4) is 12.1 Å². The number of aliphatic hydroxyl groups is 1. The summed E-state index contributed by atoms with van der Waals surface area (Å²) < 4.78 is 0. The minimum atomic E-state index is -1.25. The monoisotopic (exact) mass is 554 g/mol. The van der Waals surface area contributed by atoms with Crippen LogP contribution in [0.4, 0.5) is 0 Å². The Kier molecular flexibility index (Phi) is 5.38. The van der Waals surface area contributed by atoms with E-state index in [2.05, 4.69) is 12.1 Å². The largest absolute Gasteiger partial charge is 0.369 e. The molecule has 0 saturated heterocycles. The summed E-state index contributed by atoms with van der Waals surface area (Å²) in [6, 6.07) is 14.2. The first kappa shape index (κ1) is 25.9. The second kappa shape index (κ2) is 8.72. The number of fused-ring (bicyclic) bond motifs is 2. The first-order valence-corrected chi connectivity index (χ1v) is 14.2. The van der Waals surface area contributed by atoms with E-state index >= 15 is 0 Å². The Balaban J connectivity index is 1.71. The highest BCUT2D eigenvalue weighted by atomic mass is 16.3. The van der Waals surface area contributed by atoms with Crippen LogP contribution in [-0.4, -0.2) is 44.7 Å². The van der Waals surface area contributed by atoms with E-state index in [1.54, 1.807) is 36.4 Å². The van der Waals surface area contributed by atoms with E-state index in [9.17, 15) is 30.0 Å². The molecule has 7 rings (SSSR count). The van der Waals surface area contributed by atoms with Crippen LogP contribution in [-0.2, 0) is 0 Å². The fourth-order valence-electron chi connectivity index (χ4n) is 7.02. The summed E-state index contributed by atoms with van der Waals surface area (Å²) in [6.07, 6.45) is -0.0210. The molecule has 8 nitrogen and oxygen atoms in total.